The molecule has 0 heterocycles. The number of carboxylic acid groups (broad SMARTS) is 1. The lowest BCUT2D eigenvalue weighted by molar-refractivity contribution is 0.0694. The van der Waals surface area contributed by atoms with E-state index in [0.29, 0.717) is 0 Å². The molecule has 0 amide bonds. The third-order valence-corrected chi connectivity index (χ3v) is 2.16. The first-order valence-electron chi connectivity index (χ1n) is 3.96. The lowest BCUT2D eigenvalue weighted by Crippen LogP contribution is -2.07. The minimum atomic E-state index is -1.22. The van der Waals surface area contributed by atoms with Gasteiger partial charge < -0.3 is 20.3 Å². The van der Waals surface area contributed by atoms with Gasteiger partial charge in [-0.15, -0.1) is 0 Å². The first-order valence-corrected chi connectivity index (χ1v) is 4.34. The van der Waals surface area contributed by atoms with Gasteiger partial charge in [0.1, 0.15) is 11.3 Å². The van der Waals surface area contributed by atoms with E-state index in [4.69, 9.17) is 31.9 Å². The molecule has 6 heteroatoms. The van der Waals surface area contributed by atoms with Crippen LogP contribution >= 0.6 is 11.6 Å². The molecule has 1 rings (SSSR count). The van der Waals surface area contributed by atoms with Crippen molar-refractivity contribution in [1.82, 2.24) is 0 Å². The molecule has 0 saturated heterocycles. The number of nitrogens with two attached hydrogens (primary N) is 1. The molecule has 0 fully saturated rings. The number of rotatable bonds is 3. The molecule has 5 nitrogen and oxygen atoms in total. The molecule has 0 unspecified atom stereocenters. The van der Waals surface area contributed by atoms with Crippen LogP contribution in [0.1, 0.15) is 10.4 Å². The Morgan fingerprint density at radius 3 is 2.47 bits per heavy atom. The van der Waals surface area contributed by atoms with E-state index in [2.05, 4.69) is 0 Å². The Bertz CT molecular complexity index is 406. The first kappa shape index (κ1) is 11.5. The Morgan fingerprint density at radius 1 is 1.47 bits per heavy atom. The van der Waals surface area contributed by atoms with E-state index in [-0.39, 0.29) is 27.8 Å². The molecule has 1 aromatic rings. The molecule has 0 radical (unpaired) electrons. The summed E-state index contributed by atoms with van der Waals surface area (Å²) in [6.45, 7) is 0. The molecule has 0 aromatic heterocycles. The zero-order chi connectivity index (χ0) is 11.6. The van der Waals surface area contributed by atoms with Gasteiger partial charge in [-0.3, -0.25) is 0 Å². The molecular formula is C9H10ClNO4. The van der Waals surface area contributed by atoms with Gasteiger partial charge >= 0.3 is 5.97 Å². The molecule has 1 aromatic carbocycles. The Hall–Kier alpha value is -1.62. The number of nitrogen functional groups attached to an aromatic ring is 1. The van der Waals surface area contributed by atoms with Gasteiger partial charge in [0.05, 0.1) is 24.9 Å². The van der Waals surface area contributed by atoms with Crippen LogP contribution in [0, 0.1) is 0 Å². The minimum Gasteiger partial charge on any atom is -0.495 e. The van der Waals surface area contributed by atoms with Crippen LogP contribution in [-0.4, -0.2) is 25.3 Å². The monoisotopic (exact) mass is 231 g/mol. The van der Waals surface area contributed by atoms with Crippen molar-refractivity contribution in [2.24, 2.45) is 0 Å². The second kappa shape index (κ2) is 4.27. The predicted octanol–water partition coefficient (Wildman–Crippen LogP) is 1.64. The lowest BCUT2D eigenvalue weighted by Gasteiger charge is -2.12. The average Bonchev–Trinajstić information content (AvgIpc) is 2.19. The van der Waals surface area contributed by atoms with E-state index < -0.39 is 5.97 Å². The van der Waals surface area contributed by atoms with Gasteiger partial charge in [0.2, 0.25) is 0 Å². The van der Waals surface area contributed by atoms with Crippen molar-refractivity contribution in [1.29, 1.82) is 0 Å². The largest absolute Gasteiger partial charge is 0.495 e. The standard InChI is InChI=1S/C9H10ClNO4/c1-14-5-3-4(10)8(15-2)6(7(5)11)9(12)13/h3H,11H2,1-2H3,(H,12,13). The van der Waals surface area contributed by atoms with Crippen LogP contribution in [0.25, 0.3) is 0 Å². The van der Waals surface area contributed by atoms with Crippen molar-refractivity contribution in [3.05, 3.63) is 16.7 Å². The summed E-state index contributed by atoms with van der Waals surface area (Å²) >= 11 is 5.81. The molecule has 0 aliphatic heterocycles. The third-order valence-electron chi connectivity index (χ3n) is 1.87. The summed E-state index contributed by atoms with van der Waals surface area (Å²) in [6, 6.07) is 1.40. The van der Waals surface area contributed by atoms with Gasteiger partial charge in [-0.2, -0.15) is 0 Å². The van der Waals surface area contributed by atoms with Crippen LogP contribution in [0.2, 0.25) is 5.02 Å². The number of aromatic carboxylic acids is 1. The van der Waals surface area contributed by atoms with Crippen molar-refractivity contribution in [2.75, 3.05) is 20.0 Å². The minimum absolute atomic E-state index is 0.00810. The average molecular weight is 232 g/mol. The Labute approximate surface area is 91.4 Å². The second-order valence-corrected chi connectivity index (χ2v) is 3.09. The van der Waals surface area contributed by atoms with E-state index in [0.717, 1.165) is 0 Å². The number of anilines is 1. The molecule has 82 valence electrons. The number of benzene rings is 1. The molecule has 0 atom stereocenters. The van der Waals surface area contributed by atoms with E-state index in [1.165, 1.54) is 20.3 Å². The van der Waals surface area contributed by atoms with Crippen molar-refractivity contribution in [3.8, 4) is 11.5 Å². The van der Waals surface area contributed by atoms with Crippen LogP contribution in [0.3, 0.4) is 0 Å². The molecule has 0 aliphatic carbocycles. The van der Waals surface area contributed by atoms with Gasteiger partial charge in [-0.25, -0.2) is 4.79 Å². The number of hydrogen-bond acceptors (Lipinski definition) is 4. The van der Waals surface area contributed by atoms with E-state index in [1.807, 2.05) is 0 Å². The van der Waals surface area contributed by atoms with E-state index in [9.17, 15) is 4.79 Å². The summed E-state index contributed by atoms with van der Waals surface area (Å²) in [5, 5.41) is 9.09. The lowest BCUT2D eigenvalue weighted by atomic mass is 10.1. The molecule has 0 bridgehead atoms. The topological polar surface area (TPSA) is 81.8 Å². The Kier molecular flexibility index (Phi) is 3.26. The number of hydrogen-bond donors (Lipinski definition) is 2. The highest BCUT2D eigenvalue weighted by atomic mass is 35.5. The smallest absolute Gasteiger partial charge is 0.341 e. The number of carboxylic acids is 1. The van der Waals surface area contributed by atoms with Crippen LogP contribution in [0.15, 0.2) is 6.07 Å². The van der Waals surface area contributed by atoms with Crippen LogP contribution in [0.4, 0.5) is 5.69 Å². The quantitative estimate of drug-likeness (QED) is 0.773. The number of methoxy groups -OCH3 is 2. The third kappa shape index (κ3) is 1.92. The normalized spacial score (nSPS) is 9.80. The van der Waals surface area contributed by atoms with Crippen molar-refractivity contribution in [3.63, 3.8) is 0 Å². The fourth-order valence-corrected chi connectivity index (χ4v) is 1.47. The first-order chi connectivity index (χ1) is 7.02. The van der Waals surface area contributed by atoms with Crippen LogP contribution in [0.5, 0.6) is 11.5 Å². The fraction of sp³-hybridized carbons (Fsp3) is 0.222. The van der Waals surface area contributed by atoms with Crippen molar-refractivity contribution in [2.45, 2.75) is 0 Å². The summed E-state index contributed by atoms with van der Waals surface area (Å²) in [7, 11) is 2.69. The van der Waals surface area contributed by atoms with Crippen molar-refractivity contribution < 1.29 is 19.4 Å². The highest BCUT2D eigenvalue weighted by Crippen LogP contribution is 2.39. The molecule has 0 aliphatic rings. The molecular weight excluding hydrogens is 222 g/mol. The summed E-state index contributed by atoms with van der Waals surface area (Å²) in [5.74, 6) is -0.981. The Balaban J connectivity index is 3.55. The van der Waals surface area contributed by atoms with E-state index >= 15 is 0 Å². The summed E-state index contributed by atoms with van der Waals surface area (Å²) in [5.41, 5.74) is 5.39. The zero-order valence-electron chi connectivity index (χ0n) is 8.20. The zero-order valence-corrected chi connectivity index (χ0v) is 8.96. The number of carbonyl (C=O) groups is 1. The van der Waals surface area contributed by atoms with E-state index in [1.54, 1.807) is 0 Å². The summed E-state index contributed by atoms with van der Waals surface area (Å²) in [4.78, 5) is 10.9. The maximum atomic E-state index is 10.9. The highest BCUT2D eigenvalue weighted by molar-refractivity contribution is 6.33. The summed E-state index contributed by atoms with van der Waals surface area (Å²) < 4.78 is 9.76. The molecule has 3 N–H and O–H groups in total. The van der Waals surface area contributed by atoms with Crippen LogP contribution in [-0.2, 0) is 0 Å². The SMILES string of the molecule is COc1cc(Cl)c(OC)c(C(=O)O)c1N. The summed E-state index contributed by atoms with van der Waals surface area (Å²) in [6.07, 6.45) is 0. The van der Waals surface area contributed by atoms with Crippen molar-refractivity contribution >= 4 is 23.3 Å². The van der Waals surface area contributed by atoms with Gasteiger partial charge in [0.25, 0.3) is 0 Å². The van der Waals surface area contributed by atoms with Crippen LogP contribution < -0.4 is 15.2 Å². The van der Waals surface area contributed by atoms with Gasteiger partial charge in [-0.1, -0.05) is 11.6 Å². The van der Waals surface area contributed by atoms with Gasteiger partial charge in [0, 0.05) is 6.07 Å². The maximum absolute atomic E-state index is 10.9. The van der Waals surface area contributed by atoms with Gasteiger partial charge in [0.15, 0.2) is 5.75 Å². The second-order valence-electron chi connectivity index (χ2n) is 2.69. The maximum Gasteiger partial charge on any atom is 0.341 e. The number of ether oxygens (including phenoxy) is 2. The highest BCUT2D eigenvalue weighted by Gasteiger charge is 2.21. The van der Waals surface area contributed by atoms with Gasteiger partial charge in [-0.05, 0) is 0 Å². The Morgan fingerprint density at radius 2 is 2.07 bits per heavy atom. The molecule has 0 saturated carbocycles. The predicted molar refractivity (Wildman–Crippen MR) is 55.9 cm³/mol. The fourth-order valence-electron chi connectivity index (χ4n) is 1.20. The molecule has 15 heavy (non-hydrogen) atoms. The number of halogens is 1. The molecule has 0 spiro atoms.